The molecule has 2 aromatic carbocycles. The number of anilines is 2. The van der Waals surface area contributed by atoms with Crippen LogP contribution in [0.1, 0.15) is 18.4 Å². The molecule has 37 heavy (non-hydrogen) atoms. The summed E-state index contributed by atoms with van der Waals surface area (Å²) < 4.78 is 7.08. The monoisotopic (exact) mass is 561 g/mol. The molecule has 2 fully saturated rings. The van der Waals surface area contributed by atoms with Gasteiger partial charge >= 0.3 is 0 Å². The lowest BCUT2D eigenvalue weighted by Crippen LogP contribution is -2.47. The number of hydrogen-bond donors (Lipinski definition) is 1. The molecule has 9 heteroatoms. The first-order chi connectivity index (χ1) is 18.2. The van der Waals surface area contributed by atoms with Gasteiger partial charge in [0, 0.05) is 44.0 Å². The molecule has 0 spiro atoms. The van der Waals surface area contributed by atoms with Crippen LogP contribution in [-0.2, 0) is 0 Å². The molecule has 192 valence electrons. The predicted octanol–water partition coefficient (Wildman–Crippen LogP) is 4.89. The zero-order valence-electron chi connectivity index (χ0n) is 21.2. The fourth-order valence-electron chi connectivity index (χ4n) is 5.51. The van der Waals surface area contributed by atoms with E-state index in [4.69, 9.17) is 4.74 Å². The van der Waals surface area contributed by atoms with Gasteiger partial charge in [0.25, 0.3) is 0 Å². The van der Waals surface area contributed by atoms with Gasteiger partial charge in [-0.25, -0.2) is 9.97 Å². The van der Waals surface area contributed by atoms with E-state index in [1.54, 1.807) is 6.33 Å². The number of benzene rings is 2. The lowest BCUT2D eigenvalue weighted by atomic mass is 10.0. The number of aryl methyl sites for hydroxylation is 1. The number of nitrogens with one attached hydrogen (secondary N) is 1. The third-order valence-corrected chi connectivity index (χ3v) is 8.04. The van der Waals surface area contributed by atoms with Crippen molar-refractivity contribution in [1.82, 2.24) is 25.1 Å². The predicted molar refractivity (Wildman–Crippen MR) is 152 cm³/mol. The van der Waals surface area contributed by atoms with E-state index in [9.17, 15) is 0 Å². The molecule has 0 aliphatic carbocycles. The number of hydrogen-bond acceptors (Lipinski definition) is 7. The van der Waals surface area contributed by atoms with Crippen LogP contribution < -0.4 is 14.5 Å². The molecule has 4 aromatic rings. The first kappa shape index (κ1) is 24.2. The van der Waals surface area contributed by atoms with Gasteiger partial charge in [-0.1, -0.05) is 24.3 Å². The SMILES string of the molecule is Cc1cc(-c2ccccc2OCCN2CCCC2)ccc1N1CCN(c2ncnc3n[nH]c(Br)c23)CC1. The summed E-state index contributed by atoms with van der Waals surface area (Å²) in [6.45, 7) is 9.96. The van der Waals surface area contributed by atoms with E-state index in [0.29, 0.717) is 5.65 Å². The van der Waals surface area contributed by atoms with Crippen molar-refractivity contribution in [3.63, 3.8) is 0 Å². The van der Waals surface area contributed by atoms with Crippen molar-refractivity contribution in [2.24, 2.45) is 0 Å². The van der Waals surface area contributed by atoms with E-state index in [1.165, 1.54) is 42.7 Å². The molecule has 0 saturated carbocycles. The summed E-state index contributed by atoms with van der Waals surface area (Å²) in [6.07, 6.45) is 4.21. The zero-order chi connectivity index (χ0) is 25.2. The van der Waals surface area contributed by atoms with Crippen LogP contribution in [0.2, 0.25) is 0 Å². The molecular weight excluding hydrogens is 530 g/mol. The lowest BCUT2D eigenvalue weighted by molar-refractivity contribution is 0.238. The number of rotatable bonds is 7. The number of halogens is 1. The van der Waals surface area contributed by atoms with Crippen molar-refractivity contribution in [3.8, 4) is 16.9 Å². The van der Waals surface area contributed by atoms with Crippen LogP contribution in [0.4, 0.5) is 11.5 Å². The fraction of sp³-hybridized carbons (Fsp3) is 0.393. The normalized spacial score (nSPS) is 16.6. The summed E-state index contributed by atoms with van der Waals surface area (Å²) >= 11 is 3.56. The number of piperazine rings is 1. The maximum absolute atomic E-state index is 6.25. The molecule has 0 unspecified atom stereocenters. The zero-order valence-corrected chi connectivity index (χ0v) is 22.7. The van der Waals surface area contributed by atoms with Crippen molar-refractivity contribution in [2.75, 3.05) is 62.2 Å². The smallest absolute Gasteiger partial charge is 0.187 e. The molecule has 2 aliphatic rings. The maximum Gasteiger partial charge on any atom is 0.187 e. The minimum absolute atomic E-state index is 0.686. The average Bonchev–Trinajstić information content (AvgIpc) is 3.59. The highest BCUT2D eigenvalue weighted by molar-refractivity contribution is 9.10. The van der Waals surface area contributed by atoms with Crippen molar-refractivity contribution < 1.29 is 4.74 Å². The molecule has 0 radical (unpaired) electrons. The van der Waals surface area contributed by atoms with Gasteiger partial charge in [-0.05, 0) is 78.1 Å². The molecule has 2 aromatic heterocycles. The third kappa shape index (κ3) is 5.02. The van der Waals surface area contributed by atoms with Gasteiger partial charge in [0.1, 0.15) is 29.1 Å². The Balaban J connectivity index is 1.14. The molecule has 6 rings (SSSR count). The number of para-hydroxylation sites is 1. The van der Waals surface area contributed by atoms with Crippen molar-refractivity contribution in [2.45, 2.75) is 19.8 Å². The molecule has 4 heterocycles. The summed E-state index contributed by atoms with van der Waals surface area (Å²) in [5, 5.41) is 8.15. The number of likely N-dealkylation sites (tertiary alicyclic amines) is 1. The Bertz CT molecular complexity index is 1380. The minimum Gasteiger partial charge on any atom is -0.492 e. The highest BCUT2D eigenvalue weighted by Crippen LogP contribution is 2.34. The first-order valence-corrected chi connectivity index (χ1v) is 13.9. The molecule has 1 N–H and O–H groups in total. The standard InChI is InChI=1S/C28H32BrN7O/c1-20-18-21(22-6-2-3-7-24(22)37-17-16-34-10-4-5-11-34)8-9-23(20)35-12-14-36(15-13-35)28-25-26(29)32-33-27(25)30-19-31-28/h2-3,6-9,18-19H,4-5,10-17H2,1H3,(H,30,31,32,33). The molecule has 0 bridgehead atoms. The number of aromatic nitrogens is 4. The topological polar surface area (TPSA) is 73.4 Å². The molecule has 2 aliphatic heterocycles. The second-order valence-corrected chi connectivity index (χ2v) is 10.6. The van der Waals surface area contributed by atoms with Crippen LogP contribution >= 0.6 is 15.9 Å². The van der Waals surface area contributed by atoms with Crippen molar-refractivity contribution >= 4 is 38.5 Å². The van der Waals surface area contributed by atoms with Gasteiger partial charge < -0.3 is 14.5 Å². The largest absolute Gasteiger partial charge is 0.492 e. The second-order valence-electron chi connectivity index (χ2n) is 9.80. The van der Waals surface area contributed by atoms with E-state index in [1.807, 2.05) is 0 Å². The number of fused-ring (bicyclic) bond motifs is 1. The molecule has 8 nitrogen and oxygen atoms in total. The summed E-state index contributed by atoms with van der Waals surface area (Å²) in [6, 6.07) is 15.2. The summed E-state index contributed by atoms with van der Waals surface area (Å²) in [5.74, 6) is 1.89. The molecular formula is C28H32BrN7O. The van der Waals surface area contributed by atoms with Crippen LogP contribution in [0.5, 0.6) is 5.75 Å². The molecule has 2 saturated heterocycles. The summed E-state index contributed by atoms with van der Waals surface area (Å²) in [5.41, 5.74) is 5.60. The average molecular weight is 563 g/mol. The number of H-pyrrole nitrogens is 1. The Morgan fingerprint density at radius 3 is 2.54 bits per heavy atom. The summed E-state index contributed by atoms with van der Waals surface area (Å²) in [7, 11) is 0. The van der Waals surface area contributed by atoms with Crippen LogP contribution in [0.3, 0.4) is 0 Å². The highest BCUT2D eigenvalue weighted by atomic mass is 79.9. The van der Waals surface area contributed by atoms with E-state index in [0.717, 1.165) is 66.5 Å². The Morgan fingerprint density at radius 1 is 0.946 bits per heavy atom. The second kappa shape index (κ2) is 10.7. The van der Waals surface area contributed by atoms with Gasteiger partial charge in [-0.15, -0.1) is 0 Å². The van der Waals surface area contributed by atoms with Crippen LogP contribution in [-0.4, -0.2) is 77.5 Å². The van der Waals surface area contributed by atoms with Crippen LogP contribution in [0.25, 0.3) is 22.2 Å². The van der Waals surface area contributed by atoms with E-state index in [-0.39, 0.29) is 0 Å². The van der Waals surface area contributed by atoms with Gasteiger partial charge in [0.2, 0.25) is 0 Å². The number of aromatic amines is 1. The quantitative estimate of drug-likeness (QED) is 0.344. The van der Waals surface area contributed by atoms with Crippen molar-refractivity contribution in [3.05, 3.63) is 59.0 Å². The third-order valence-electron chi connectivity index (χ3n) is 7.47. The number of nitrogens with zero attached hydrogens (tertiary/aromatic N) is 6. The van der Waals surface area contributed by atoms with Crippen LogP contribution in [0, 0.1) is 6.92 Å². The molecule has 0 atom stereocenters. The molecule has 0 amide bonds. The van der Waals surface area contributed by atoms with E-state index >= 15 is 0 Å². The van der Waals surface area contributed by atoms with Gasteiger partial charge in [-0.3, -0.25) is 10.00 Å². The summed E-state index contributed by atoms with van der Waals surface area (Å²) in [4.78, 5) is 16.1. The first-order valence-electron chi connectivity index (χ1n) is 13.1. The van der Waals surface area contributed by atoms with Gasteiger partial charge in [0.15, 0.2) is 5.65 Å². The Hall–Kier alpha value is -3.17. The fourth-order valence-corrected chi connectivity index (χ4v) is 5.95. The van der Waals surface area contributed by atoms with E-state index in [2.05, 4.69) is 100 Å². The minimum atomic E-state index is 0.686. The number of ether oxygens (including phenoxy) is 1. The van der Waals surface area contributed by atoms with Crippen LogP contribution in [0.15, 0.2) is 53.4 Å². The highest BCUT2D eigenvalue weighted by Gasteiger charge is 2.23. The van der Waals surface area contributed by atoms with Gasteiger partial charge in [0.05, 0.1) is 5.39 Å². The van der Waals surface area contributed by atoms with E-state index < -0.39 is 0 Å². The Labute approximate surface area is 225 Å². The van der Waals surface area contributed by atoms with Gasteiger partial charge in [-0.2, -0.15) is 5.10 Å². The maximum atomic E-state index is 6.25. The van der Waals surface area contributed by atoms with Crippen molar-refractivity contribution in [1.29, 1.82) is 0 Å². The Kier molecular flexibility index (Phi) is 6.97. The Morgan fingerprint density at radius 2 is 1.73 bits per heavy atom. The lowest BCUT2D eigenvalue weighted by Gasteiger charge is -2.37.